The minimum absolute atomic E-state index is 0. The van der Waals surface area contributed by atoms with Gasteiger partial charge in [-0.05, 0) is 38.9 Å². The predicted octanol–water partition coefficient (Wildman–Crippen LogP) is -0.985. The molecular weight excluding hydrogens is 251 g/mol. The molecule has 1 fully saturated rings. The summed E-state index contributed by atoms with van der Waals surface area (Å²) in [6.45, 7) is 4.92. The van der Waals surface area contributed by atoms with Gasteiger partial charge in [-0.2, -0.15) is 12.1 Å². The molecule has 18 heavy (non-hydrogen) atoms. The van der Waals surface area contributed by atoms with Gasteiger partial charge in [0.1, 0.15) is 0 Å². The molecule has 1 aliphatic rings. The van der Waals surface area contributed by atoms with Gasteiger partial charge in [0.2, 0.25) is 0 Å². The molecule has 0 aromatic carbocycles. The van der Waals surface area contributed by atoms with E-state index < -0.39 is 0 Å². The molecule has 0 atom stereocenters. The Morgan fingerprint density at radius 3 is 2.67 bits per heavy atom. The van der Waals surface area contributed by atoms with Crippen molar-refractivity contribution in [1.29, 1.82) is 0 Å². The fraction of sp³-hybridized carbons (Fsp3) is 0.643. The van der Waals surface area contributed by atoms with E-state index >= 15 is 0 Å². The molecule has 94 valence electrons. The van der Waals surface area contributed by atoms with Gasteiger partial charge in [0.25, 0.3) is 0 Å². The summed E-state index contributed by atoms with van der Waals surface area (Å²) in [4.78, 5) is 6.59. The van der Waals surface area contributed by atoms with Crippen LogP contribution in [-0.4, -0.2) is 37.2 Å². The van der Waals surface area contributed by atoms with Crippen molar-refractivity contribution in [3.05, 3.63) is 29.6 Å². The fourth-order valence-electron chi connectivity index (χ4n) is 2.45. The molecule has 4 heteroatoms. The third-order valence-corrected chi connectivity index (χ3v) is 3.55. The van der Waals surface area contributed by atoms with Crippen molar-refractivity contribution < 1.29 is 56.1 Å². The van der Waals surface area contributed by atoms with Gasteiger partial charge in [0.15, 0.2) is 0 Å². The predicted molar refractivity (Wildman–Crippen MR) is 67.9 cm³/mol. The van der Waals surface area contributed by atoms with Gasteiger partial charge in [-0.3, -0.25) is 0 Å². The van der Waals surface area contributed by atoms with E-state index in [2.05, 4.69) is 43.2 Å². The monoisotopic (exact) mass is 272 g/mol. The Bertz CT molecular complexity index is 376. The molecule has 3 nitrogen and oxygen atoms in total. The van der Waals surface area contributed by atoms with Crippen molar-refractivity contribution in [2.75, 3.05) is 27.3 Å². The third kappa shape index (κ3) is 4.10. The summed E-state index contributed by atoms with van der Waals surface area (Å²) in [5, 5.41) is 0. The average molecular weight is 272 g/mol. The Morgan fingerprint density at radius 2 is 2.06 bits per heavy atom. The minimum Gasteiger partial charge on any atom is -0.389 e. The van der Waals surface area contributed by atoms with Crippen molar-refractivity contribution >= 4 is 0 Å². The quantitative estimate of drug-likeness (QED) is 0.522. The van der Waals surface area contributed by atoms with E-state index in [1.807, 2.05) is 6.07 Å². The topological polar surface area (TPSA) is 25.4 Å². The van der Waals surface area contributed by atoms with E-state index in [-0.39, 0.29) is 56.8 Å². The summed E-state index contributed by atoms with van der Waals surface area (Å²) in [5.41, 5.74) is 2.74. The van der Waals surface area contributed by atoms with Crippen molar-refractivity contribution in [3.63, 3.8) is 0 Å². The number of ether oxygens (including phenoxy) is 1. The second-order valence-corrected chi connectivity index (χ2v) is 5.35. The Kier molecular flexibility index (Phi) is 6.96. The molecule has 1 aromatic rings. The zero-order valence-corrected chi connectivity index (χ0v) is 15.1. The van der Waals surface area contributed by atoms with E-state index in [9.17, 15) is 0 Å². The summed E-state index contributed by atoms with van der Waals surface area (Å²) in [6.07, 6.45) is 5.12. The van der Waals surface area contributed by atoms with Crippen LogP contribution in [0.4, 0.5) is 0 Å². The Hall–Kier alpha value is 0.706. The van der Waals surface area contributed by atoms with Crippen LogP contribution in [0.2, 0.25) is 0 Å². The van der Waals surface area contributed by atoms with Crippen LogP contribution in [-0.2, 0) is 16.7 Å². The molecule has 2 heterocycles. The van der Waals surface area contributed by atoms with E-state index in [0.717, 1.165) is 38.3 Å². The van der Waals surface area contributed by atoms with E-state index in [1.54, 1.807) is 0 Å². The van der Waals surface area contributed by atoms with Crippen LogP contribution in [0.5, 0.6) is 0 Å². The van der Waals surface area contributed by atoms with Gasteiger partial charge in [0, 0.05) is 13.2 Å². The Morgan fingerprint density at radius 1 is 1.39 bits per heavy atom. The van der Waals surface area contributed by atoms with Gasteiger partial charge in [0.05, 0.1) is 0 Å². The molecule has 0 aliphatic carbocycles. The summed E-state index contributed by atoms with van der Waals surface area (Å²) < 4.78 is 5.47. The molecule has 0 N–H and O–H groups in total. The van der Waals surface area contributed by atoms with Crippen molar-refractivity contribution in [1.82, 2.24) is 9.88 Å². The van der Waals surface area contributed by atoms with E-state index in [4.69, 9.17) is 4.74 Å². The molecule has 0 radical (unpaired) electrons. The Labute approximate surface area is 153 Å². The van der Waals surface area contributed by atoms with Crippen LogP contribution in [0.15, 0.2) is 12.1 Å². The van der Waals surface area contributed by atoms with Gasteiger partial charge < -0.3 is 14.6 Å². The molecule has 0 spiro atoms. The maximum absolute atomic E-state index is 5.47. The standard InChI is InChI=1S/C14H21N2O.K/c1-14(6-9-17-10-7-14)12-5-4-8-15-13(12)11-16(2)3;/h4-5H,6-7,9-11H2,1-3H3;/q-1;+1. The van der Waals surface area contributed by atoms with Crippen LogP contribution >= 0.6 is 0 Å². The summed E-state index contributed by atoms with van der Waals surface area (Å²) in [5.74, 6) is 0. The van der Waals surface area contributed by atoms with Crippen LogP contribution in [0.1, 0.15) is 31.0 Å². The van der Waals surface area contributed by atoms with E-state index in [1.165, 1.54) is 5.56 Å². The molecular formula is C14H21KN2O. The number of hydrogen-bond acceptors (Lipinski definition) is 3. The Balaban J connectivity index is 0.00000162. The number of pyridine rings is 1. The molecule has 1 aromatic heterocycles. The second-order valence-electron chi connectivity index (χ2n) is 5.35. The number of rotatable bonds is 3. The first-order chi connectivity index (χ1) is 8.12. The van der Waals surface area contributed by atoms with Gasteiger partial charge in [-0.25, -0.2) is 0 Å². The normalized spacial score (nSPS) is 18.4. The largest absolute Gasteiger partial charge is 1.00 e. The molecule has 0 amide bonds. The summed E-state index contributed by atoms with van der Waals surface area (Å²) in [7, 11) is 4.15. The number of aromatic nitrogens is 1. The number of hydrogen-bond donors (Lipinski definition) is 0. The smallest absolute Gasteiger partial charge is 0.389 e. The summed E-state index contributed by atoms with van der Waals surface area (Å²) >= 11 is 0. The zero-order chi connectivity index (χ0) is 12.3. The molecule has 1 saturated heterocycles. The van der Waals surface area contributed by atoms with Crippen LogP contribution in [0, 0.1) is 6.20 Å². The first kappa shape index (κ1) is 16.8. The molecule has 1 aliphatic heterocycles. The minimum atomic E-state index is 0. The maximum Gasteiger partial charge on any atom is 1.00 e. The SMILES string of the molecule is CN(C)Cc1n[c-]ccc1C1(C)CCOCC1.[K+]. The third-order valence-electron chi connectivity index (χ3n) is 3.55. The van der Waals surface area contributed by atoms with E-state index in [0.29, 0.717) is 0 Å². The second kappa shape index (κ2) is 7.48. The van der Waals surface area contributed by atoms with Crippen molar-refractivity contribution in [2.24, 2.45) is 0 Å². The van der Waals surface area contributed by atoms with Gasteiger partial charge in [-0.15, -0.1) is 5.56 Å². The van der Waals surface area contributed by atoms with Crippen LogP contribution < -0.4 is 51.4 Å². The molecule has 0 saturated carbocycles. The van der Waals surface area contributed by atoms with Crippen LogP contribution in [0.3, 0.4) is 0 Å². The van der Waals surface area contributed by atoms with Crippen molar-refractivity contribution in [3.8, 4) is 0 Å². The maximum atomic E-state index is 5.47. The number of nitrogens with zero attached hydrogens (tertiary/aromatic N) is 2. The fourth-order valence-corrected chi connectivity index (χ4v) is 2.45. The van der Waals surface area contributed by atoms with Gasteiger partial charge >= 0.3 is 51.4 Å². The molecule has 0 bridgehead atoms. The average Bonchev–Trinajstić information content (AvgIpc) is 2.30. The summed E-state index contributed by atoms with van der Waals surface area (Å²) in [6, 6.07) is 4.10. The first-order valence-corrected chi connectivity index (χ1v) is 6.21. The van der Waals surface area contributed by atoms with Gasteiger partial charge in [-0.1, -0.05) is 18.8 Å². The first-order valence-electron chi connectivity index (χ1n) is 6.21. The van der Waals surface area contributed by atoms with Crippen LogP contribution in [0.25, 0.3) is 0 Å². The van der Waals surface area contributed by atoms with Crippen molar-refractivity contribution in [2.45, 2.75) is 31.7 Å². The molecule has 0 unspecified atom stereocenters. The molecule has 2 rings (SSSR count). The zero-order valence-electron chi connectivity index (χ0n) is 12.0.